The second-order valence-electron chi connectivity index (χ2n) is 7.68. The Morgan fingerprint density at radius 3 is 2.45 bits per heavy atom. The van der Waals surface area contributed by atoms with Crippen molar-refractivity contribution in [2.45, 2.75) is 18.8 Å². The van der Waals surface area contributed by atoms with E-state index in [1.165, 1.54) is 12.1 Å². The molecule has 4 aromatic rings. The Balaban J connectivity index is 1.86. The lowest BCUT2D eigenvalue weighted by Gasteiger charge is -2.25. The van der Waals surface area contributed by atoms with Crippen LogP contribution in [0.2, 0.25) is 0 Å². The molecule has 31 heavy (non-hydrogen) atoms. The van der Waals surface area contributed by atoms with Crippen molar-refractivity contribution in [1.29, 1.82) is 0 Å². The number of ether oxygens (including phenoxy) is 1. The van der Waals surface area contributed by atoms with Crippen LogP contribution < -0.4 is 5.32 Å². The molecule has 1 fully saturated rings. The summed E-state index contributed by atoms with van der Waals surface area (Å²) >= 11 is 0. The molecule has 0 spiro atoms. The summed E-state index contributed by atoms with van der Waals surface area (Å²) in [6.07, 6.45) is 5.28. The maximum absolute atomic E-state index is 13.7. The van der Waals surface area contributed by atoms with E-state index in [4.69, 9.17) is 4.74 Å². The molecule has 1 aliphatic rings. The van der Waals surface area contributed by atoms with Gasteiger partial charge in [-0.3, -0.25) is 0 Å². The van der Waals surface area contributed by atoms with Crippen LogP contribution in [-0.4, -0.2) is 39.9 Å². The van der Waals surface area contributed by atoms with Crippen molar-refractivity contribution in [3.8, 4) is 22.6 Å². The van der Waals surface area contributed by atoms with Gasteiger partial charge in [0.05, 0.1) is 10.9 Å². The third-order valence-electron chi connectivity index (χ3n) is 5.87. The number of aromatic nitrogens is 3. The third kappa shape index (κ3) is 3.41. The van der Waals surface area contributed by atoms with Gasteiger partial charge in [-0.25, -0.2) is 14.4 Å². The van der Waals surface area contributed by atoms with Crippen molar-refractivity contribution < 1.29 is 14.2 Å². The Morgan fingerprint density at radius 2 is 1.77 bits per heavy atom. The van der Waals surface area contributed by atoms with Crippen LogP contribution in [0.3, 0.4) is 0 Å². The average molecular weight is 418 g/mol. The number of fused-ring (bicyclic) bond motifs is 1. The number of phenols is 1. The van der Waals surface area contributed by atoms with Crippen molar-refractivity contribution in [1.82, 2.24) is 14.5 Å². The van der Waals surface area contributed by atoms with E-state index in [9.17, 15) is 9.50 Å². The van der Waals surface area contributed by atoms with Crippen LogP contribution in [0.1, 0.15) is 24.5 Å². The molecule has 6 nitrogen and oxygen atoms in total. The van der Waals surface area contributed by atoms with E-state index >= 15 is 0 Å². The van der Waals surface area contributed by atoms with Gasteiger partial charge in [-0.05, 0) is 49.2 Å². The Kier molecular flexibility index (Phi) is 5.03. The van der Waals surface area contributed by atoms with Gasteiger partial charge in [-0.15, -0.1) is 0 Å². The molecule has 0 unspecified atom stereocenters. The van der Waals surface area contributed by atoms with Crippen LogP contribution in [0.25, 0.3) is 27.7 Å². The number of phenolic OH excluding ortho intramolecular Hbond substituents is 1. The SMILES string of the molecule is CNc1ncc(-c2c(C3CCOCC3)n(-c3ccc(F)cc3)c3cccc(O)c23)cn1. The fourth-order valence-electron chi connectivity index (χ4n) is 4.44. The van der Waals surface area contributed by atoms with Crippen LogP contribution in [-0.2, 0) is 4.74 Å². The number of halogens is 1. The van der Waals surface area contributed by atoms with E-state index in [2.05, 4.69) is 19.9 Å². The molecule has 2 N–H and O–H groups in total. The van der Waals surface area contributed by atoms with Gasteiger partial charge >= 0.3 is 0 Å². The first kappa shape index (κ1) is 19.5. The molecule has 0 saturated carbocycles. The molecular weight excluding hydrogens is 395 g/mol. The highest BCUT2D eigenvalue weighted by Gasteiger charge is 2.29. The fourth-order valence-corrected chi connectivity index (χ4v) is 4.44. The first-order chi connectivity index (χ1) is 15.2. The number of hydrogen-bond donors (Lipinski definition) is 2. The van der Waals surface area contributed by atoms with Gasteiger partial charge in [0.1, 0.15) is 11.6 Å². The van der Waals surface area contributed by atoms with E-state index in [1.54, 1.807) is 37.6 Å². The topological polar surface area (TPSA) is 72.2 Å². The fraction of sp³-hybridized carbons (Fsp3) is 0.250. The summed E-state index contributed by atoms with van der Waals surface area (Å²) in [4.78, 5) is 8.80. The molecule has 2 aromatic carbocycles. The second kappa shape index (κ2) is 8.00. The molecule has 5 rings (SSSR count). The standard InChI is InChI=1S/C24H23FN4O2/c1-26-24-27-13-16(14-28-24)21-22-19(3-2-4-20(22)30)29(18-7-5-17(25)6-8-18)23(21)15-9-11-31-12-10-15/h2-8,13-15,30H,9-12H2,1H3,(H,26,27,28). The molecule has 0 bridgehead atoms. The van der Waals surface area contributed by atoms with Crippen LogP contribution in [0.4, 0.5) is 10.3 Å². The Bertz CT molecular complexity index is 1210. The van der Waals surface area contributed by atoms with E-state index in [0.717, 1.165) is 46.3 Å². The van der Waals surface area contributed by atoms with Crippen molar-refractivity contribution in [2.24, 2.45) is 0 Å². The highest BCUT2D eigenvalue weighted by Crippen LogP contribution is 2.46. The van der Waals surface area contributed by atoms with Crippen LogP contribution in [0.15, 0.2) is 54.9 Å². The predicted molar refractivity (Wildman–Crippen MR) is 118 cm³/mol. The number of benzene rings is 2. The van der Waals surface area contributed by atoms with E-state index in [0.29, 0.717) is 19.2 Å². The van der Waals surface area contributed by atoms with Crippen LogP contribution in [0, 0.1) is 5.82 Å². The average Bonchev–Trinajstić information content (AvgIpc) is 3.17. The van der Waals surface area contributed by atoms with Crippen LogP contribution in [0.5, 0.6) is 5.75 Å². The maximum Gasteiger partial charge on any atom is 0.222 e. The zero-order chi connectivity index (χ0) is 21.4. The monoisotopic (exact) mass is 418 g/mol. The number of nitrogens with one attached hydrogen (secondary N) is 1. The van der Waals surface area contributed by atoms with Gasteiger partial charge in [-0.2, -0.15) is 0 Å². The largest absolute Gasteiger partial charge is 0.507 e. The Morgan fingerprint density at radius 1 is 1.06 bits per heavy atom. The minimum Gasteiger partial charge on any atom is -0.507 e. The lowest BCUT2D eigenvalue weighted by Crippen LogP contribution is -2.17. The smallest absolute Gasteiger partial charge is 0.222 e. The highest BCUT2D eigenvalue weighted by atomic mass is 19.1. The molecule has 0 amide bonds. The predicted octanol–water partition coefficient (Wildman–Crippen LogP) is 4.87. The van der Waals surface area contributed by atoms with Gasteiger partial charge in [0.15, 0.2) is 0 Å². The molecule has 0 radical (unpaired) electrons. The first-order valence-electron chi connectivity index (χ1n) is 10.4. The molecule has 1 aliphatic heterocycles. The summed E-state index contributed by atoms with van der Waals surface area (Å²) in [5.74, 6) is 0.652. The zero-order valence-electron chi connectivity index (χ0n) is 17.2. The molecule has 0 atom stereocenters. The number of hydrogen-bond acceptors (Lipinski definition) is 5. The van der Waals surface area contributed by atoms with E-state index in [1.807, 2.05) is 12.1 Å². The molecule has 0 aliphatic carbocycles. The van der Waals surface area contributed by atoms with Crippen molar-refractivity contribution in [2.75, 3.05) is 25.6 Å². The van der Waals surface area contributed by atoms with E-state index in [-0.39, 0.29) is 17.5 Å². The van der Waals surface area contributed by atoms with Gasteiger partial charge < -0.3 is 19.7 Å². The lowest BCUT2D eigenvalue weighted by molar-refractivity contribution is 0.0843. The number of anilines is 1. The first-order valence-corrected chi connectivity index (χ1v) is 10.4. The molecule has 7 heteroatoms. The summed E-state index contributed by atoms with van der Waals surface area (Å²) in [5.41, 5.74) is 4.50. The second-order valence-corrected chi connectivity index (χ2v) is 7.68. The summed E-state index contributed by atoms with van der Waals surface area (Å²) in [5, 5.41) is 14.6. The molecule has 1 saturated heterocycles. The number of aromatic hydroxyl groups is 1. The van der Waals surface area contributed by atoms with Gasteiger partial charge in [0, 0.05) is 61.1 Å². The summed E-state index contributed by atoms with van der Waals surface area (Å²) in [6, 6.07) is 12.0. The van der Waals surface area contributed by atoms with Gasteiger partial charge in [0.2, 0.25) is 5.95 Å². The maximum atomic E-state index is 13.7. The highest BCUT2D eigenvalue weighted by molar-refractivity contribution is 6.03. The molecule has 3 heterocycles. The Labute approximate surface area is 179 Å². The number of rotatable bonds is 4. The number of nitrogens with zero attached hydrogens (tertiary/aromatic N) is 3. The van der Waals surface area contributed by atoms with Crippen LogP contribution >= 0.6 is 0 Å². The lowest BCUT2D eigenvalue weighted by atomic mass is 9.90. The molecular formula is C24H23FN4O2. The quantitative estimate of drug-likeness (QED) is 0.495. The third-order valence-corrected chi connectivity index (χ3v) is 5.87. The molecule has 158 valence electrons. The van der Waals surface area contributed by atoms with E-state index < -0.39 is 0 Å². The van der Waals surface area contributed by atoms with Crippen molar-refractivity contribution in [3.05, 3.63) is 66.4 Å². The summed E-state index contributed by atoms with van der Waals surface area (Å²) in [7, 11) is 1.77. The zero-order valence-corrected chi connectivity index (χ0v) is 17.2. The Hall–Kier alpha value is -3.45. The van der Waals surface area contributed by atoms with Gasteiger partial charge in [0.25, 0.3) is 0 Å². The molecule has 2 aromatic heterocycles. The summed E-state index contributed by atoms with van der Waals surface area (Å²) < 4.78 is 21.4. The van der Waals surface area contributed by atoms with Crippen molar-refractivity contribution >= 4 is 16.9 Å². The van der Waals surface area contributed by atoms with Gasteiger partial charge in [-0.1, -0.05) is 6.07 Å². The minimum absolute atomic E-state index is 0.194. The normalized spacial score (nSPS) is 14.8. The minimum atomic E-state index is -0.285. The summed E-state index contributed by atoms with van der Waals surface area (Å²) in [6.45, 7) is 1.35. The van der Waals surface area contributed by atoms with Crippen molar-refractivity contribution in [3.63, 3.8) is 0 Å².